The summed E-state index contributed by atoms with van der Waals surface area (Å²) in [6.07, 6.45) is 0. The van der Waals surface area contributed by atoms with Gasteiger partial charge in [0.1, 0.15) is 0 Å². The lowest BCUT2D eigenvalue weighted by molar-refractivity contribution is 1.15. The van der Waals surface area contributed by atoms with Gasteiger partial charge in [-0.25, -0.2) is 9.97 Å². The molecule has 0 unspecified atom stereocenters. The van der Waals surface area contributed by atoms with E-state index in [9.17, 15) is 0 Å². The first-order valence-electron chi connectivity index (χ1n) is 19.2. The molecule has 0 aliphatic rings. The van der Waals surface area contributed by atoms with Crippen LogP contribution in [-0.4, -0.2) is 19.1 Å². The molecule has 0 aliphatic carbocycles. The van der Waals surface area contributed by atoms with E-state index in [4.69, 9.17) is 9.97 Å². The third-order valence-corrected chi connectivity index (χ3v) is 12.4. The summed E-state index contributed by atoms with van der Waals surface area (Å²) in [5.41, 5.74) is 13.9. The van der Waals surface area contributed by atoms with Gasteiger partial charge in [-0.05, 0) is 66.7 Å². The Hall–Kier alpha value is -7.34. The summed E-state index contributed by atoms with van der Waals surface area (Å²) in [4.78, 5) is 10.6. The van der Waals surface area contributed by atoms with Crippen molar-refractivity contribution >= 4 is 75.3 Å². The zero-order chi connectivity index (χ0) is 37.5. The maximum atomic E-state index is 5.39. The summed E-state index contributed by atoms with van der Waals surface area (Å²) in [5.74, 6) is 0. The molecule has 5 heteroatoms. The first-order valence-corrected chi connectivity index (χ1v) is 20.1. The lowest BCUT2D eigenvalue weighted by Crippen LogP contribution is -1.99. The Morgan fingerprint density at radius 3 is 1.67 bits per heavy atom. The van der Waals surface area contributed by atoms with Gasteiger partial charge in [-0.15, -0.1) is 11.3 Å². The van der Waals surface area contributed by atoms with Crippen LogP contribution >= 0.6 is 11.3 Å². The number of thiophene rings is 1. The van der Waals surface area contributed by atoms with Gasteiger partial charge in [-0.3, -0.25) is 0 Å². The Morgan fingerprint density at radius 2 is 0.947 bits per heavy atom. The van der Waals surface area contributed by atoms with Crippen molar-refractivity contribution in [2.24, 2.45) is 0 Å². The lowest BCUT2D eigenvalue weighted by Gasteiger charge is -2.14. The zero-order valence-corrected chi connectivity index (χ0v) is 31.5. The van der Waals surface area contributed by atoms with E-state index in [1.165, 1.54) is 36.5 Å². The number of benzene rings is 7. The van der Waals surface area contributed by atoms with Crippen molar-refractivity contribution < 1.29 is 0 Å². The average molecular weight is 745 g/mol. The minimum atomic E-state index is 0.939. The first-order chi connectivity index (χ1) is 28.3. The van der Waals surface area contributed by atoms with Crippen molar-refractivity contribution in [3.63, 3.8) is 0 Å². The van der Waals surface area contributed by atoms with Crippen LogP contribution in [-0.2, 0) is 0 Å². The van der Waals surface area contributed by atoms with Crippen LogP contribution in [0.25, 0.3) is 109 Å². The second-order valence-corrected chi connectivity index (χ2v) is 15.7. The van der Waals surface area contributed by atoms with Gasteiger partial charge in [0.2, 0.25) is 0 Å². The highest BCUT2D eigenvalue weighted by molar-refractivity contribution is 7.26. The average Bonchev–Trinajstić information content (AvgIpc) is 3.94. The Labute approximate surface area is 332 Å². The highest BCUT2D eigenvalue weighted by Gasteiger charge is 2.22. The Balaban J connectivity index is 1.14. The zero-order valence-electron chi connectivity index (χ0n) is 30.7. The molecule has 0 spiro atoms. The number of fused-ring (bicyclic) bond motifs is 10. The standard InChI is InChI=1S/C52H32N4S/c1-4-14-33(15-5-1)42-26-28-47-51(54-42)40-25-29-49-50(39-21-11-13-23-48(39)57-49)52(40)56(47)36-24-27-46-41(30-36)38-20-10-12-22-45(38)55(46)37-31-43(34-16-6-2-7-17-34)53-44(32-37)35-18-8-3-9-19-35/h1-32H. The molecule has 0 radical (unpaired) electrons. The van der Waals surface area contributed by atoms with Gasteiger partial charge in [0.25, 0.3) is 0 Å². The first kappa shape index (κ1) is 32.0. The summed E-state index contributed by atoms with van der Waals surface area (Å²) < 4.78 is 7.41. The summed E-state index contributed by atoms with van der Waals surface area (Å²) >= 11 is 1.85. The molecule has 0 fully saturated rings. The van der Waals surface area contributed by atoms with E-state index in [-0.39, 0.29) is 0 Å². The van der Waals surface area contributed by atoms with E-state index in [1.807, 2.05) is 11.3 Å². The van der Waals surface area contributed by atoms with E-state index >= 15 is 0 Å². The van der Waals surface area contributed by atoms with Crippen molar-refractivity contribution in [1.29, 1.82) is 0 Å². The van der Waals surface area contributed by atoms with Gasteiger partial charge in [0, 0.05) is 58.7 Å². The number of nitrogens with zero attached hydrogens (tertiary/aromatic N) is 4. The Morgan fingerprint density at radius 1 is 0.351 bits per heavy atom. The van der Waals surface area contributed by atoms with E-state index < -0.39 is 0 Å². The van der Waals surface area contributed by atoms with Crippen LogP contribution in [0.4, 0.5) is 0 Å². The second-order valence-electron chi connectivity index (χ2n) is 14.6. The molecule has 0 amide bonds. The predicted octanol–water partition coefficient (Wildman–Crippen LogP) is 14.0. The highest BCUT2D eigenvalue weighted by Crippen LogP contribution is 2.44. The third-order valence-electron chi connectivity index (χ3n) is 11.3. The Bertz CT molecular complexity index is 3450. The smallest absolute Gasteiger partial charge is 0.0971 e. The van der Waals surface area contributed by atoms with Crippen LogP contribution in [0.5, 0.6) is 0 Å². The second kappa shape index (κ2) is 12.6. The molecular weight excluding hydrogens is 713 g/mol. The van der Waals surface area contributed by atoms with E-state index in [0.717, 1.165) is 72.6 Å². The van der Waals surface area contributed by atoms with Crippen molar-refractivity contribution in [3.05, 3.63) is 194 Å². The van der Waals surface area contributed by atoms with Gasteiger partial charge in [0.15, 0.2) is 0 Å². The number of hydrogen-bond acceptors (Lipinski definition) is 3. The molecule has 12 aromatic rings. The molecule has 0 saturated carbocycles. The number of aromatic nitrogens is 4. The fourth-order valence-corrected chi connectivity index (χ4v) is 9.86. The van der Waals surface area contributed by atoms with Gasteiger partial charge in [0.05, 0.1) is 50.4 Å². The van der Waals surface area contributed by atoms with Gasteiger partial charge >= 0.3 is 0 Å². The fourth-order valence-electron chi connectivity index (χ4n) is 8.75. The van der Waals surface area contributed by atoms with Crippen LogP contribution in [0, 0.1) is 0 Å². The number of rotatable bonds is 5. The summed E-state index contributed by atoms with van der Waals surface area (Å²) in [6, 6.07) is 69.4. The predicted molar refractivity (Wildman–Crippen MR) is 240 cm³/mol. The van der Waals surface area contributed by atoms with Gasteiger partial charge in [-0.1, -0.05) is 127 Å². The molecule has 0 N–H and O–H groups in total. The molecule has 0 saturated heterocycles. The molecule has 266 valence electrons. The topological polar surface area (TPSA) is 35.6 Å². The minimum absolute atomic E-state index is 0.939. The van der Waals surface area contributed by atoms with E-state index in [0.29, 0.717) is 0 Å². The summed E-state index contributed by atoms with van der Waals surface area (Å²) in [7, 11) is 0. The SMILES string of the molecule is c1ccc(-c2cc(-n3c4ccccc4c4cc(-n5c6ccc(-c7ccccc7)nc6c6ccc7sc8ccccc8c7c65)ccc43)cc(-c3ccccc3)n2)cc1. The van der Waals surface area contributed by atoms with Crippen molar-refractivity contribution in [3.8, 4) is 45.1 Å². The molecule has 12 rings (SSSR count). The van der Waals surface area contributed by atoms with Crippen molar-refractivity contribution in [2.75, 3.05) is 0 Å². The largest absolute Gasteiger partial charge is 0.309 e. The normalized spacial score (nSPS) is 11.9. The molecule has 4 nitrogen and oxygen atoms in total. The van der Waals surface area contributed by atoms with Crippen LogP contribution < -0.4 is 0 Å². The van der Waals surface area contributed by atoms with E-state index in [1.54, 1.807) is 0 Å². The van der Waals surface area contributed by atoms with Gasteiger partial charge < -0.3 is 9.13 Å². The van der Waals surface area contributed by atoms with Crippen LogP contribution in [0.1, 0.15) is 0 Å². The van der Waals surface area contributed by atoms with Crippen LogP contribution in [0.2, 0.25) is 0 Å². The van der Waals surface area contributed by atoms with Crippen LogP contribution in [0.3, 0.4) is 0 Å². The van der Waals surface area contributed by atoms with E-state index in [2.05, 4.69) is 203 Å². The molecule has 0 bridgehead atoms. The van der Waals surface area contributed by atoms with Crippen molar-refractivity contribution in [2.45, 2.75) is 0 Å². The van der Waals surface area contributed by atoms with Gasteiger partial charge in [-0.2, -0.15) is 0 Å². The Kier molecular flexibility index (Phi) is 7.06. The maximum absolute atomic E-state index is 5.39. The molecule has 57 heavy (non-hydrogen) atoms. The molecule has 5 heterocycles. The molecule has 7 aromatic carbocycles. The molecule has 5 aromatic heterocycles. The molecule has 0 aliphatic heterocycles. The lowest BCUT2D eigenvalue weighted by atomic mass is 10.1. The monoisotopic (exact) mass is 744 g/mol. The van der Waals surface area contributed by atoms with Crippen LogP contribution in [0.15, 0.2) is 194 Å². The third kappa shape index (κ3) is 4.99. The van der Waals surface area contributed by atoms with Crippen molar-refractivity contribution in [1.82, 2.24) is 19.1 Å². The molecule has 0 atom stereocenters. The highest BCUT2D eigenvalue weighted by atomic mass is 32.1. The fraction of sp³-hybridized carbons (Fsp3) is 0. The summed E-state index contributed by atoms with van der Waals surface area (Å²) in [6.45, 7) is 0. The number of para-hydroxylation sites is 1. The maximum Gasteiger partial charge on any atom is 0.0971 e. The molecular formula is C52H32N4S. The number of hydrogen-bond donors (Lipinski definition) is 0. The minimum Gasteiger partial charge on any atom is -0.309 e. The summed E-state index contributed by atoms with van der Waals surface area (Å²) in [5, 5.41) is 6.08. The number of pyridine rings is 2. The quantitative estimate of drug-likeness (QED) is 0.176.